The molecule has 0 saturated carbocycles. The van der Waals surface area contributed by atoms with Gasteiger partial charge in [0.05, 0.1) is 17.2 Å². The predicted molar refractivity (Wildman–Crippen MR) is 91.0 cm³/mol. The second kappa shape index (κ2) is 5.89. The zero-order valence-corrected chi connectivity index (χ0v) is 13.9. The normalized spacial score (nSPS) is 23.2. The lowest BCUT2D eigenvalue weighted by atomic mass is 9.83. The van der Waals surface area contributed by atoms with E-state index in [0.717, 1.165) is 41.1 Å². The smallest absolute Gasteiger partial charge is 0.427 e. The molecule has 1 N–H and O–H groups in total. The Morgan fingerprint density at radius 2 is 2.30 bits per heavy atom. The summed E-state index contributed by atoms with van der Waals surface area (Å²) in [5.41, 5.74) is 4.02. The first-order valence-electron chi connectivity index (χ1n) is 7.91. The van der Waals surface area contributed by atoms with Crippen molar-refractivity contribution in [2.75, 3.05) is 19.4 Å². The molecular formula is C18H19N2O2S+. The molecule has 5 heteroatoms. The zero-order valence-electron chi connectivity index (χ0n) is 13.0. The molecule has 3 aliphatic heterocycles. The Balaban J connectivity index is 1.89. The van der Waals surface area contributed by atoms with E-state index in [0.29, 0.717) is 12.5 Å². The zero-order chi connectivity index (χ0) is 15.8. The summed E-state index contributed by atoms with van der Waals surface area (Å²) >= 11 is 1.73. The van der Waals surface area contributed by atoms with Gasteiger partial charge in [0.2, 0.25) is 0 Å². The molecule has 3 heterocycles. The Morgan fingerprint density at radius 1 is 1.39 bits per heavy atom. The molecule has 0 spiro atoms. The maximum absolute atomic E-state index is 12.7. The van der Waals surface area contributed by atoms with Crippen LogP contribution < -0.4 is 5.32 Å². The van der Waals surface area contributed by atoms with Crippen molar-refractivity contribution in [1.82, 2.24) is 5.32 Å². The van der Waals surface area contributed by atoms with E-state index in [1.165, 1.54) is 10.5 Å². The minimum atomic E-state index is 0.0501. The van der Waals surface area contributed by atoms with Crippen LogP contribution in [0.25, 0.3) is 0 Å². The second-order valence-corrected chi connectivity index (χ2v) is 6.75. The summed E-state index contributed by atoms with van der Waals surface area (Å²) in [5.74, 6) is 0.517. The molecule has 4 nitrogen and oxygen atoms in total. The molecule has 1 unspecified atom stereocenters. The largest absolute Gasteiger partial charge is 0.437 e. The van der Waals surface area contributed by atoms with Gasteiger partial charge >= 0.3 is 5.88 Å². The number of nitrogens with one attached hydrogen (secondary N) is 1. The summed E-state index contributed by atoms with van der Waals surface area (Å²) in [5, 5.41) is 3.48. The monoisotopic (exact) mass is 327 g/mol. The number of ether oxygens (including phenoxy) is 1. The lowest BCUT2D eigenvalue weighted by molar-refractivity contribution is -0.490. The van der Waals surface area contributed by atoms with Crippen LogP contribution in [-0.4, -0.2) is 24.2 Å². The number of nitrogens with zero attached hydrogens (tertiary/aromatic N) is 1. The molecule has 1 atom stereocenters. The number of allylic oxidation sites excluding steroid dienone is 3. The van der Waals surface area contributed by atoms with Gasteiger partial charge in [0.15, 0.2) is 0 Å². The van der Waals surface area contributed by atoms with Gasteiger partial charge in [-0.3, -0.25) is 0 Å². The molecule has 23 heavy (non-hydrogen) atoms. The van der Waals surface area contributed by atoms with Crippen molar-refractivity contribution >= 4 is 11.8 Å². The van der Waals surface area contributed by atoms with Crippen LogP contribution in [0.5, 0.6) is 0 Å². The van der Waals surface area contributed by atoms with Gasteiger partial charge < -0.3 is 10.1 Å². The van der Waals surface area contributed by atoms with Crippen LogP contribution in [0.3, 0.4) is 0 Å². The number of rotatable bonds is 2. The number of hydrogen-bond donors (Lipinski definition) is 1. The van der Waals surface area contributed by atoms with E-state index in [2.05, 4.69) is 35.8 Å². The molecule has 3 aliphatic rings. The van der Waals surface area contributed by atoms with Gasteiger partial charge in [-0.1, -0.05) is 12.1 Å². The van der Waals surface area contributed by atoms with E-state index >= 15 is 0 Å². The third-order valence-electron chi connectivity index (χ3n) is 4.53. The summed E-state index contributed by atoms with van der Waals surface area (Å²) < 4.78 is 6.69. The Bertz CT molecular complexity index is 764. The van der Waals surface area contributed by atoms with Crippen LogP contribution in [0.1, 0.15) is 24.3 Å². The minimum absolute atomic E-state index is 0.0501. The molecule has 0 radical (unpaired) electrons. The Morgan fingerprint density at radius 3 is 3.17 bits per heavy atom. The standard InChI is InChI=1S/C18H19N2O2S/c1-23-13-6-2-5-12(11-13)16-14-7-4-10-22-18(14)20(21)15-8-3-9-19-17(15)16/h2,4-7,11,16,19H,3,8-10H2,1H3/q+1. The first-order chi connectivity index (χ1) is 11.3. The summed E-state index contributed by atoms with van der Waals surface area (Å²) in [7, 11) is 0. The molecular weight excluding hydrogens is 308 g/mol. The molecule has 118 valence electrons. The third-order valence-corrected chi connectivity index (χ3v) is 5.26. The highest BCUT2D eigenvalue weighted by Crippen LogP contribution is 2.43. The van der Waals surface area contributed by atoms with Crippen molar-refractivity contribution in [3.8, 4) is 0 Å². The van der Waals surface area contributed by atoms with Gasteiger partial charge in [-0.15, -0.1) is 11.8 Å². The number of nitroso groups, excluding NO2 is 1. The quantitative estimate of drug-likeness (QED) is 0.664. The van der Waals surface area contributed by atoms with Gasteiger partial charge in [-0.05, 0) is 42.5 Å². The van der Waals surface area contributed by atoms with Crippen molar-refractivity contribution in [3.63, 3.8) is 0 Å². The molecule has 1 aromatic rings. The molecule has 4 rings (SSSR count). The summed E-state index contributed by atoms with van der Waals surface area (Å²) in [6, 6.07) is 8.55. The predicted octanol–water partition coefficient (Wildman–Crippen LogP) is 3.68. The van der Waals surface area contributed by atoms with Crippen LogP contribution in [0.4, 0.5) is 0 Å². The van der Waals surface area contributed by atoms with E-state index in [4.69, 9.17) is 4.74 Å². The van der Waals surface area contributed by atoms with Gasteiger partial charge in [-0.25, -0.2) is 0 Å². The molecule has 0 aliphatic carbocycles. The van der Waals surface area contributed by atoms with E-state index in [9.17, 15) is 4.91 Å². The lowest BCUT2D eigenvalue weighted by Gasteiger charge is -2.30. The van der Waals surface area contributed by atoms with Crippen molar-refractivity contribution in [2.24, 2.45) is 0 Å². The Labute approximate surface area is 139 Å². The fourth-order valence-electron chi connectivity index (χ4n) is 3.49. The average Bonchev–Trinajstić information content (AvgIpc) is 2.62. The van der Waals surface area contributed by atoms with Crippen molar-refractivity contribution in [1.29, 1.82) is 0 Å². The van der Waals surface area contributed by atoms with Crippen LogP contribution in [0.2, 0.25) is 0 Å². The van der Waals surface area contributed by atoms with Gasteiger partial charge in [0.1, 0.15) is 11.4 Å². The number of thioether (sulfide) groups is 1. The molecule has 0 amide bonds. The van der Waals surface area contributed by atoms with Crippen LogP contribution in [-0.2, 0) is 4.74 Å². The SMILES string of the molecule is CSc1cccc(C2C3=C(OCC=C3)[N+](=O)C3=C2NCCC3)c1. The second-order valence-electron chi connectivity index (χ2n) is 5.87. The first-order valence-corrected chi connectivity index (χ1v) is 9.13. The van der Waals surface area contributed by atoms with Gasteiger partial charge in [0.25, 0.3) is 5.70 Å². The van der Waals surface area contributed by atoms with Gasteiger partial charge in [0, 0.05) is 22.8 Å². The fourth-order valence-corrected chi connectivity index (χ4v) is 3.96. The summed E-state index contributed by atoms with van der Waals surface area (Å²) in [4.78, 5) is 13.9. The van der Waals surface area contributed by atoms with E-state index in [-0.39, 0.29) is 5.92 Å². The van der Waals surface area contributed by atoms with E-state index < -0.39 is 0 Å². The minimum Gasteiger partial charge on any atom is -0.437 e. The molecule has 0 aromatic heterocycles. The molecule has 0 saturated heterocycles. The lowest BCUT2D eigenvalue weighted by Crippen LogP contribution is -2.35. The maximum atomic E-state index is 12.7. The van der Waals surface area contributed by atoms with Crippen molar-refractivity contribution < 1.29 is 9.50 Å². The topological polar surface area (TPSA) is 41.3 Å². The highest BCUT2D eigenvalue weighted by Gasteiger charge is 2.45. The number of benzene rings is 1. The number of hydrogen-bond acceptors (Lipinski definition) is 4. The van der Waals surface area contributed by atoms with E-state index in [1.807, 2.05) is 12.2 Å². The van der Waals surface area contributed by atoms with Crippen LogP contribution in [0, 0.1) is 4.91 Å². The summed E-state index contributed by atoms with van der Waals surface area (Å²) in [6.45, 7) is 1.38. The van der Waals surface area contributed by atoms with E-state index in [1.54, 1.807) is 11.8 Å². The third kappa shape index (κ3) is 2.39. The van der Waals surface area contributed by atoms with Crippen LogP contribution >= 0.6 is 11.8 Å². The highest BCUT2D eigenvalue weighted by molar-refractivity contribution is 7.98. The fraction of sp³-hybridized carbons (Fsp3) is 0.333. The Hall–Kier alpha value is -2.01. The summed E-state index contributed by atoms with van der Waals surface area (Å²) in [6.07, 6.45) is 7.88. The molecule has 0 bridgehead atoms. The maximum Gasteiger partial charge on any atom is 0.427 e. The van der Waals surface area contributed by atoms with Crippen molar-refractivity contribution in [2.45, 2.75) is 23.7 Å². The van der Waals surface area contributed by atoms with Crippen LogP contribution in [0.15, 0.2) is 64.2 Å². The highest BCUT2D eigenvalue weighted by atomic mass is 32.2. The van der Waals surface area contributed by atoms with Gasteiger partial charge in [-0.2, -0.15) is 0 Å². The molecule has 0 fully saturated rings. The first kappa shape index (κ1) is 14.6. The Kier molecular flexibility index (Phi) is 3.73. The molecule has 1 aromatic carbocycles. The average molecular weight is 327 g/mol. The van der Waals surface area contributed by atoms with Crippen molar-refractivity contribution in [3.05, 3.63) is 69.7 Å².